The Hall–Kier alpha value is -3.62. The van der Waals surface area contributed by atoms with Crippen LogP contribution in [-0.4, -0.2) is 48.8 Å². The number of anilines is 1. The van der Waals surface area contributed by atoms with Crippen molar-refractivity contribution in [3.63, 3.8) is 0 Å². The van der Waals surface area contributed by atoms with Gasteiger partial charge in [-0.15, -0.1) is 0 Å². The Bertz CT molecular complexity index is 1220. The van der Waals surface area contributed by atoms with Crippen molar-refractivity contribution in [3.8, 4) is 22.9 Å². The Morgan fingerprint density at radius 1 is 1.09 bits per heavy atom. The molecular weight excluding hydrogens is 406 g/mol. The second kappa shape index (κ2) is 8.49. The van der Waals surface area contributed by atoms with Gasteiger partial charge in [0.15, 0.2) is 5.75 Å². The first-order chi connectivity index (χ1) is 15.6. The van der Waals surface area contributed by atoms with Crippen LogP contribution in [0.15, 0.2) is 43.0 Å². The molecule has 1 N–H and O–H groups in total. The molecule has 5 rings (SSSR count). The average molecular weight is 434 g/mol. The summed E-state index contributed by atoms with van der Waals surface area (Å²) in [6.07, 6.45) is 11.5. The van der Waals surface area contributed by atoms with Gasteiger partial charge in [-0.05, 0) is 37.8 Å². The fourth-order valence-corrected chi connectivity index (χ4v) is 4.32. The van der Waals surface area contributed by atoms with E-state index in [0.717, 1.165) is 53.7 Å². The van der Waals surface area contributed by atoms with Crippen LogP contribution in [0.4, 0.5) is 5.82 Å². The van der Waals surface area contributed by atoms with E-state index in [0.29, 0.717) is 17.7 Å². The maximum Gasteiger partial charge on any atom is 0.256 e. The molecule has 0 aromatic carbocycles. The van der Waals surface area contributed by atoms with Crippen LogP contribution < -0.4 is 14.8 Å². The second-order valence-electron chi connectivity index (χ2n) is 8.21. The molecule has 0 amide bonds. The van der Waals surface area contributed by atoms with Crippen molar-refractivity contribution >= 4 is 16.7 Å². The van der Waals surface area contributed by atoms with E-state index >= 15 is 0 Å². The van der Waals surface area contributed by atoms with E-state index in [1.807, 2.05) is 49.5 Å². The molecule has 0 bridgehead atoms. The van der Waals surface area contributed by atoms with E-state index in [2.05, 4.69) is 31.5 Å². The van der Waals surface area contributed by atoms with E-state index in [9.17, 15) is 0 Å². The maximum absolute atomic E-state index is 6.15. The number of methoxy groups -OCH3 is 1. The van der Waals surface area contributed by atoms with E-state index in [4.69, 9.17) is 9.47 Å². The summed E-state index contributed by atoms with van der Waals surface area (Å²) in [5.41, 5.74) is 2.93. The first-order valence-corrected chi connectivity index (χ1v) is 10.8. The van der Waals surface area contributed by atoms with Gasteiger partial charge in [-0.2, -0.15) is 10.2 Å². The van der Waals surface area contributed by atoms with Crippen LogP contribution in [0.25, 0.3) is 22.2 Å². The zero-order chi connectivity index (χ0) is 22.1. The zero-order valence-corrected chi connectivity index (χ0v) is 18.5. The Labute approximate surface area is 186 Å². The van der Waals surface area contributed by atoms with Gasteiger partial charge in [0.05, 0.1) is 24.9 Å². The van der Waals surface area contributed by atoms with Crippen LogP contribution in [-0.2, 0) is 14.1 Å². The third-order valence-electron chi connectivity index (χ3n) is 5.96. The molecule has 0 unspecified atom stereocenters. The molecule has 4 heterocycles. The second-order valence-corrected chi connectivity index (χ2v) is 8.21. The number of rotatable bonds is 6. The summed E-state index contributed by atoms with van der Waals surface area (Å²) in [6, 6.07) is 6.21. The Morgan fingerprint density at radius 2 is 1.94 bits per heavy atom. The number of fused-ring (bicyclic) bond motifs is 1. The topological polar surface area (TPSA) is 91.9 Å². The van der Waals surface area contributed by atoms with Crippen LogP contribution in [0.5, 0.6) is 11.6 Å². The normalized spacial score (nSPS) is 18.6. The van der Waals surface area contributed by atoms with Crippen LogP contribution in [0, 0.1) is 0 Å². The van der Waals surface area contributed by atoms with Crippen molar-refractivity contribution in [2.45, 2.75) is 37.8 Å². The number of aryl methyl sites for hydroxylation is 2. The van der Waals surface area contributed by atoms with Gasteiger partial charge in [-0.25, -0.2) is 9.97 Å². The summed E-state index contributed by atoms with van der Waals surface area (Å²) in [5, 5.41) is 13.6. The van der Waals surface area contributed by atoms with Crippen molar-refractivity contribution in [1.29, 1.82) is 0 Å². The summed E-state index contributed by atoms with van der Waals surface area (Å²) >= 11 is 0. The van der Waals surface area contributed by atoms with Gasteiger partial charge in [0, 0.05) is 55.7 Å². The third kappa shape index (κ3) is 3.98. The van der Waals surface area contributed by atoms with Crippen molar-refractivity contribution in [2.75, 3.05) is 12.4 Å². The molecule has 1 fully saturated rings. The highest BCUT2D eigenvalue weighted by Crippen LogP contribution is 2.31. The summed E-state index contributed by atoms with van der Waals surface area (Å²) < 4.78 is 15.1. The van der Waals surface area contributed by atoms with E-state index < -0.39 is 0 Å². The lowest BCUT2D eigenvalue weighted by molar-refractivity contribution is 0.143. The summed E-state index contributed by atoms with van der Waals surface area (Å²) in [4.78, 5) is 8.88. The highest BCUT2D eigenvalue weighted by atomic mass is 16.5. The lowest BCUT2D eigenvalue weighted by atomic mass is 9.93. The minimum atomic E-state index is 0.167. The number of hydrogen-bond acceptors (Lipinski definition) is 7. The van der Waals surface area contributed by atoms with Crippen LogP contribution in [0.3, 0.4) is 0 Å². The molecule has 4 aromatic rings. The Kier molecular flexibility index (Phi) is 5.38. The number of nitrogens with zero attached hydrogens (tertiary/aromatic N) is 6. The highest BCUT2D eigenvalue weighted by Gasteiger charge is 2.24. The van der Waals surface area contributed by atoms with Crippen molar-refractivity contribution in [2.24, 2.45) is 14.1 Å². The number of nitrogens with one attached hydrogen (secondary N) is 1. The van der Waals surface area contributed by atoms with Crippen LogP contribution in [0.1, 0.15) is 25.7 Å². The molecule has 1 aliphatic rings. The molecule has 1 aliphatic carbocycles. The molecule has 32 heavy (non-hydrogen) atoms. The quantitative estimate of drug-likeness (QED) is 0.497. The molecule has 1 saturated carbocycles. The first kappa shape index (κ1) is 20.3. The van der Waals surface area contributed by atoms with Crippen LogP contribution >= 0.6 is 0 Å². The van der Waals surface area contributed by atoms with Crippen LogP contribution in [0.2, 0.25) is 0 Å². The van der Waals surface area contributed by atoms with Gasteiger partial charge >= 0.3 is 0 Å². The van der Waals surface area contributed by atoms with Crippen molar-refractivity contribution < 1.29 is 9.47 Å². The number of ether oxygens (including phenoxy) is 2. The Morgan fingerprint density at radius 3 is 2.69 bits per heavy atom. The fourth-order valence-electron chi connectivity index (χ4n) is 4.32. The highest BCUT2D eigenvalue weighted by molar-refractivity contribution is 5.93. The van der Waals surface area contributed by atoms with E-state index in [1.165, 1.54) is 0 Å². The first-order valence-electron chi connectivity index (χ1n) is 10.8. The molecule has 166 valence electrons. The SMILES string of the molecule is COc1ncccc1OC1CCC(Nc2cc3c(cn2)c(-c2cnn(C)c2)nn3C)CC1. The molecule has 0 spiro atoms. The smallest absolute Gasteiger partial charge is 0.256 e. The molecule has 0 atom stereocenters. The summed E-state index contributed by atoms with van der Waals surface area (Å²) in [7, 11) is 5.48. The van der Waals surface area contributed by atoms with Gasteiger partial charge in [0.2, 0.25) is 0 Å². The lowest BCUT2D eigenvalue weighted by Crippen LogP contribution is -2.31. The van der Waals surface area contributed by atoms with Gasteiger partial charge in [0.25, 0.3) is 5.88 Å². The number of hydrogen-bond donors (Lipinski definition) is 1. The fraction of sp³-hybridized carbons (Fsp3) is 0.391. The molecule has 4 aromatic heterocycles. The third-order valence-corrected chi connectivity index (χ3v) is 5.96. The number of pyridine rings is 2. The van der Waals surface area contributed by atoms with Crippen molar-refractivity contribution in [1.82, 2.24) is 29.5 Å². The summed E-state index contributed by atoms with van der Waals surface area (Å²) in [5.74, 6) is 2.11. The zero-order valence-electron chi connectivity index (χ0n) is 18.5. The maximum atomic E-state index is 6.15. The molecule has 0 aliphatic heterocycles. The molecule has 9 nitrogen and oxygen atoms in total. The predicted octanol–water partition coefficient (Wildman–Crippen LogP) is 3.57. The number of aromatic nitrogens is 6. The van der Waals surface area contributed by atoms with E-state index in [-0.39, 0.29) is 6.10 Å². The summed E-state index contributed by atoms with van der Waals surface area (Å²) in [6.45, 7) is 0. The van der Waals surface area contributed by atoms with Crippen molar-refractivity contribution in [3.05, 3.63) is 43.0 Å². The lowest BCUT2D eigenvalue weighted by Gasteiger charge is -2.30. The molecule has 9 heteroatoms. The molecule has 0 saturated heterocycles. The van der Waals surface area contributed by atoms with Gasteiger partial charge < -0.3 is 14.8 Å². The monoisotopic (exact) mass is 433 g/mol. The Balaban J connectivity index is 1.24. The van der Waals surface area contributed by atoms with Gasteiger partial charge in [0.1, 0.15) is 11.5 Å². The average Bonchev–Trinajstić information content (AvgIpc) is 3.38. The van der Waals surface area contributed by atoms with Gasteiger partial charge in [-0.1, -0.05) is 0 Å². The van der Waals surface area contributed by atoms with Gasteiger partial charge in [-0.3, -0.25) is 9.36 Å². The predicted molar refractivity (Wildman–Crippen MR) is 122 cm³/mol. The minimum Gasteiger partial charge on any atom is -0.485 e. The van der Waals surface area contributed by atoms with E-state index in [1.54, 1.807) is 18.0 Å². The molecular formula is C23H27N7O2. The minimum absolute atomic E-state index is 0.167. The molecule has 0 radical (unpaired) electrons. The largest absolute Gasteiger partial charge is 0.485 e. The standard InChI is InChI=1S/C23H27N7O2/c1-29-14-15(12-26-29)22-18-13-25-21(11-19(18)30(2)28-22)27-16-6-8-17(9-7-16)32-20-5-4-10-24-23(20)31-3/h4-5,10-14,16-17H,6-9H2,1-3H3,(H,25,27).